The number of benzene rings is 2. The molecule has 21 heavy (non-hydrogen) atoms. The maximum absolute atomic E-state index is 12.3. The van der Waals surface area contributed by atoms with Crippen LogP contribution in [0.1, 0.15) is 16.7 Å². The highest BCUT2D eigenvalue weighted by atomic mass is 79.9. The Hall–Kier alpha value is -1.13. The molecule has 1 heterocycles. The van der Waals surface area contributed by atoms with E-state index in [1.807, 2.05) is 30.3 Å². The van der Waals surface area contributed by atoms with Crippen LogP contribution in [-0.2, 0) is 24.1 Å². The number of halogens is 2. The Kier molecular flexibility index (Phi) is 4.45. The van der Waals surface area contributed by atoms with E-state index in [1.54, 1.807) is 0 Å². The molecular formula is C17H14Br2O2. The van der Waals surface area contributed by atoms with Gasteiger partial charge in [-0.15, -0.1) is 0 Å². The molecule has 2 nitrogen and oxygen atoms in total. The van der Waals surface area contributed by atoms with Crippen LogP contribution in [-0.4, -0.2) is 12.4 Å². The van der Waals surface area contributed by atoms with Crippen molar-refractivity contribution in [2.45, 2.75) is 19.3 Å². The summed E-state index contributed by atoms with van der Waals surface area (Å²) in [6.07, 6.45) is 1.79. The Morgan fingerprint density at radius 3 is 2.57 bits per heavy atom. The summed E-state index contributed by atoms with van der Waals surface area (Å²) >= 11 is 6.91. The molecule has 4 heteroatoms. The number of ketones is 1. The number of rotatable bonds is 4. The van der Waals surface area contributed by atoms with Gasteiger partial charge in [0.05, 0.1) is 6.61 Å². The van der Waals surface area contributed by atoms with E-state index >= 15 is 0 Å². The molecule has 0 bridgehead atoms. The number of hydrogen-bond donors (Lipinski definition) is 0. The van der Waals surface area contributed by atoms with Crippen molar-refractivity contribution in [1.82, 2.24) is 0 Å². The van der Waals surface area contributed by atoms with E-state index < -0.39 is 0 Å². The Morgan fingerprint density at radius 2 is 1.81 bits per heavy atom. The topological polar surface area (TPSA) is 26.3 Å². The van der Waals surface area contributed by atoms with Gasteiger partial charge in [-0.1, -0.05) is 44.0 Å². The van der Waals surface area contributed by atoms with Gasteiger partial charge in [-0.25, -0.2) is 0 Å². The second kappa shape index (κ2) is 6.32. The first-order valence-electron chi connectivity index (χ1n) is 6.82. The minimum Gasteiger partial charge on any atom is -0.493 e. The average Bonchev–Trinajstić information content (AvgIpc) is 2.89. The van der Waals surface area contributed by atoms with Gasteiger partial charge in [0.25, 0.3) is 0 Å². The van der Waals surface area contributed by atoms with E-state index in [2.05, 4.69) is 37.9 Å². The summed E-state index contributed by atoms with van der Waals surface area (Å²) in [6.45, 7) is 0.708. The SMILES string of the molecule is O=C(Cc1ccc(Br)cc1)Cc1cc(Br)cc2c1OCC2. The molecule has 0 saturated heterocycles. The molecule has 0 atom stereocenters. The van der Waals surface area contributed by atoms with Gasteiger partial charge in [0.2, 0.25) is 0 Å². The number of carbonyl (C=O) groups is 1. The third kappa shape index (κ3) is 3.55. The van der Waals surface area contributed by atoms with Gasteiger partial charge in [0.15, 0.2) is 0 Å². The second-order valence-electron chi connectivity index (χ2n) is 5.17. The number of carbonyl (C=O) groups excluding carboxylic acids is 1. The van der Waals surface area contributed by atoms with Crippen molar-refractivity contribution in [3.8, 4) is 5.75 Å². The van der Waals surface area contributed by atoms with E-state index in [1.165, 1.54) is 5.56 Å². The standard InChI is InChI=1S/C17H14Br2O2/c18-14-3-1-11(2-4-14)7-16(20)10-13-9-15(19)8-12-5-6-21-17(12)13/h1-4,8-9H,5-7,10H2. The summed E-state index contributed by atoms with van der Waals surface area (Å²) in [5.41, 5.74) is 3.21. The molecule has 0 amide bonds. The van der Waals surface area contributed by atoms with Gasteiger partial charge >= 0.3 is 0 Å². The lowest BCUT2D eigenvalue weighted by atomic mass is 10.00. The first-order valence-corrected chi connectivity index (χ1v) is 8.40. The van der Waals surface area contributed by atoms with Gasteiger partial charge < -0.3 is 4.74 Å². The van der Waals surface area contributed by atoms with E-state index in [-0.39, 0.29) is 5.78 Å². The van der Waals surface area contributed by atoms with Crippen LogP contribution in [0.3, 0.4) is 0 Å². The van der Waals surface area contributed by atoms with Crippen LogP contribution in [0.25, 0.3) is 0 Å². The summed E-state index contributed by atoms with van der Waals surface area (Å²) in [5, 5.41) is 0. The zero-order chi connectivity index (χ0) is 14.8. The zero-order valence-electron chi connectivity index (χ0n) is 11.4. The van der Waals surface area contributed by atoms with Gasteiger partial charge in [-0.3, -0.25) is 4.79 Å². The number of ether oxygens (including phenoxy) is 1. The molecular weight excluding hydrogens is 396 g/mol. The number of fused-ring (bicyclic) bond motifs is 1. The smallest absolute Gasteiger partial charge is 0.141 e. The summed E-state index contributed by atoms with van der Waals surface area (Å²) < 4.78 is 7.71. The maximum atomic E-state index is 12.3. The molecule has 2 aromatic rings. The summed E-state index contributed by atoms with van der Waals surface area (Å²) in [4.78, 5) is 12.3. The quantitative estimate of drug-likeness (QED) is 0.742. The van der Waals surface area contributed by atoms with Crippen molar-refractivity contribution in [1.29, 1.82) is 0 Å². The monoisotopic (exact) mass is 408 g/mol. The average molecular weight is 410 g/mol. The minimum absolute atomic E-state index is 0.202. The Bertz CT molecular complexity index is 678. The maximum Gasteiger partial charge on any atom is 0.141 e. The van der Waals surface area contributed by atoms with Crippen LogP contribution in [0.4, 0.5) is 0 Å². The van der Waals surface area contributed by atoms with E-state index in [4.69, 9.17) is 4.74 Å². The van der Waals surface area contributed by atoms with Crippen molar-refractivity contribution in [3.05, 3.63) is 62.0 Å². The van der Waals surface area contributed by atoms with Crippen LogP contribution < -0.4 is 4.74 Å². The molecule has 0 spiro atoms. The third-order valence-corrected chi connectivity index (χ3v) is 4.51. The normalized spacial score (nSPS) is 12.9. The molecule has 0 fully saturated rings. The largest absolute Gasteiger partial charge is 0.493 e. The molecule has 0 N–H and O–H groups in total. The van der Waals surface area contributed by atoms with Crippen molar-refractivity contribution in [3.63, 3.8) is 0 Å². The summed E-state index contributed by atoms with van der Waals surface area (Å²) in [5.74, 6) is 1.11. The first-order chi connectivity index (χ1) is 10.1. The highest BCUT2D eigenvalue weighted by Crippen LogP contribution is 2.33. The van der Waals surface area contributed by atoms with Crippen LogP contribution in [0.5, 0.6) is 5.75 Å². The fourth-order valence-corrected chi connectivity index (χ4v) is 3.40. The van der Waals surface area contributed by atoms with Crippen LogP contribution in [0.2, 0.25) is 0 Å². The fourth-order valence-electron chi connectivity index (χ4n) is 2.58. The molecule has 0 aromatic heterocycles. The van der Waals surface area contributed by atoms with E-state index in [0.717, 1.165) is 32.2 Å². The molecule has 0 radical (unpaired) electrons. The van der Waals surface area contributed by atoms with Crippen molar-refractivity contribution < 1.29 is 9.53 Å². The fraction of sp³-hybridized carbons (Fsp3) is 0.235. The highest BCUT2D eigenvalue weighted by Gasteiger charge is 2.19. The molecule has 0 aliphatic carbocycles. The molecule has 1 aliphatic rings. The van der Waals surface area contributed by atoms with Crippen molar-refractivity contribution in [2.75, 3.05) is 6.61 Å². The van der Waals surface area contributed by atoms with Crippen LogP contribution >= 0.6 is 31.9 Å². The number of Topliss-reactive ketones (excluding diaryl/α,β-unsaturated/α-hetero) is 1. The van der Waals surface area contributed by atoms with Crippen molar-refractivity contribution >= 4 is 37.6 Å². The lowest BCUT2D eigenvalue weighted by Gasteiger charge is -2.09. The second-order valence-corrected chi connectivity index (χ2v) is 7.00. The predicted octanol–water partition coefficient (Wildman–Crippen LogP) is 4.50. The van der Waals surface area contributed by atoms with Gasteiger partial charge in [-0.2, -0.15) is 0 Å². The summed E-state index contributed by atoms with van der Waals surface area (Å²) in [6, 6.07) is 11.9. The van der Waals surface area contributed by atoms with Crippen LogP contribution in [0, 0.1) is 0 Å². The van der Waals surface area contributed by atoms with Crippen LogP contribution in [0.15, 0.2) is 45.3 Å². The van der Waals surface area contributed by atoms with E-state index in [9.17, 15) is 4.79 Å². The Morgan fingerprint density at radius 1 is 1.05 bits per heavy atom. The summed E-state index contributed by atoms with van der Waals surface area (Å²) in [7, 11) is 0. The zero-order valence-corrected chi connectivity index (χ0v) is 14.5. The van der Waals surface area contributed by atoms with Crippen molar-refractivity contribution in [2.24, 2.45) is 0 Å². The molecule has 0 unspecified atom stereocenters. The molecule has 2 aromatic carbocycles. The third-order valence-electron chi connectivity index (χ3n) is 3.53. The van der Waals surface area contributed by atoms with Gasteiger partial charge in [-0.05, 0) is 35.4 Å². The molecule has 108 valence electrons. The van der Waals surface area contributed by atoms with Gasteiger partial charge in [0, 0.05) is 33.8 Å². The minimum atomic E-state index is 0.202. The first kappa shape index (κ1) is 14.8. The Labute approximate surface area is 140 Å². The lowest BCUT2D eigenvalue weighted by molar-refractivity contribution is -0.117. The molecule has 1 aliphatic heterocycles. The predicted molar refractivity (Wildman–Crippen MR) is 89.9 cm³/mol. The number of hydrogen-bond acceptors (Lipinski definition) is 2. The van der Waals surface area contributed by atoms with E-state index in [0.29, 0.717) is 19.4 Å². The van der Waals surface area contributed by atoms with Gasteiger partial charge in [0.1, 0.15) is 11.5 Å². The molecule has 3 rings (SSSR count). The highest BCUT2D eigenvalue weighted by molar-refractivity contribution is 9.10. The molecule has 0 saturated carbocycles. The lowest BCUT2D eigenvalue weighted by Crippen LogP contribution is -2.07. The Balaban J connectivity index is 1.75.